The second-order valence-electron chi connectivity index (χ2n) is 4.13. The van der Waals surface area contributed by atoms with Gasteiger partial charge >= 0.3 is 5.97 Å². The Morgan fingerprint density at radius 1 is 1.39 bits per heavy atom. The van der Waals surface area contributed by atoms with Crippen LogP contribution in [0.3, 0.4) is 0 Å². The molecule has 0 aliphatic heterocycles. The van der Waals surface area contributed by atoms with Crippen LogP contribution in [-0.2, 0) is 18.3 Å². The molecule has 1 heterocycles. The van der Waals surface area contributed by atoms with E-state index in [0.29, 0.717) is 11.4 Å². The average Bonchev–Trinajstić information content (AvgIpc) is 2.73. The topological polar surface area (TPSA) is 55.1 Å². The lowest BCUT2D eigenvalue weighted by Gasteiger charge is -2.11. The van der Waals surface area contributed by atoms with Gasteiger partial charge in [0.1, 0.15) is 0 Å². The van der Waals surface area contributed by atoms with Crippen LogP contribution in [0.15, 0.2) is 36.5 Å². The van der Waals surface area contributed by atoms with E-state index in [4.69, 9.17) is 11.6 Å². The summed E-state index contributed by atoms with van der Waals surface area (Å²) in [7, 11) is 1.81. The fraction of sp³-hybridized carbons (Fsp3) is 0.231. The Morgan fingerprint density at radius 3 is 2.56 bits per heavy atom. The molecule has 0 saturated carbocycles. The van der Waals surface area contributed by atoms with E-state index in [2.05, 4.69) is 5.10 Å². The molecular weight excluding hydrogens is 252 g/mol. The lowest BCUT2D eigenvalue weighted by atomic mass is 9.94. The molecule has 2 aromatic rings. The van der Waals surface area contributed by atoms with Gasteiger partial charge in [0, 0.05) is 24.7 Å². The van der Waals surface area contributed by atoms with Crippen molar-refractivity contribution in [1.82, 2.24) is 9.78 Å². The zero-order valence-electron chi connectivity index (χ0n) is 9.88. The zero-order chi connectivity index (χ0) is 13.1. The van der Waals surface area contributed by atoms with Gasteiger partial charge in [0.2, 0.25) is 0 Å². The molecule has 4 nitrogen and oxygen atoms in total. The molecule has 1 unspecified atom stereocenters. The lowest BCUT2D eigenvalue weighted by Crippen LogP contribution is -2.14. The summed E-state index contributed by atoms with van der Waals surface area (Å²) in [4.78, 5) is 11.3. The van der Waals surface area contributed by atoms with E-state index in [0.717, 1.165) is 11.3 Å². The van der Waals surface area contributed by atoms with Crippen molar-refractivity contribution in [2.75, 3.05) is 0 Å². The maximum Gasteiger partial charge on any atom is 0.311 e. The average molecular weight is 265 g/mol. The first kappa shape index (κ1) is 12.6. The highest BCUT2D eigenvalue weighted by molar-refractivity contribution is 6.30. The van der Waals surface area contributed by atoms with Gasteiger partial charge in [-0.3, -0.25) is 9.48 Å². The van der Waals surface area contributed by atoms with Crippen LogP contribution in [0, 0.1) is 0 Å². The number of aryl methyl sites for hydroxylation is 1. The molecule has 1 aromatic carbocycles. The van der Waals surface area contributed by atoms with Crippen LogP contribution in [0.4, 0.5) is 0 Å². The molecule has 0 amide bonds. The molecule has 1 N–H and O–H groups in total. The van der Waals surface area contributed by atoms with Gasteiger partial charge in [-0.05, 0) is 23.8 Å². The number of aliphatic carboxylic acids is 1. The highest BCUT2D eigenvalue weighted by atomic mass is 35.5. The second-order valence-corrected chi connectivity index (χ2v) is 4.56. The van der Waals surface area contributed by atoms with Crippen molar-refractivity contribution >= 4 is 17.6 Å². The number of benzene rings is 1. The normalized spacial score (nSPS) is 12.3. The third-order valence-corrected chi connectivity index (χ3v) is 3.00. The number of carbonyl (C=O) groups is 1. The second kappa shape index (κ2) is 5.23. The molecule has 0 spiro atoms. The minimum absolute atomic E-state index is 0.373. The third kappa shape index (κ3) is 2.90. The zero-order valence-corrected chi connectivity index (χ0v) is 10.6. The van der Waals surface area contributed by atoms with Crippen LogP contribution in [0.25, 0.3) is 0 Å². The van der Waals surface area contributed by atoms with Gasteiger partial charge < -0.3 is 5.11 Å². The Bertz CT molecular complexity index is 548. The van der Waals surface area contributed by atoms with Crippen LogP contribution in [0.1, 0.15) is 17.2 Å². The summed E-state index contributed by atoms with van der Waals surface area (Å²) < 4.78 is 1.66. The minimum atomic E-state index is -0.858. The van der Waals surface area contributed by atoms with Crippen molar-refractivity contribution in [3.8, 4) is 0 Å². The summed E-state index contributed by atoms with van der Waals surface area (Å²) in [6, 6.07) is 8.70. The molecule has 0 aliphatic carbocycles. The Labute approximate surface area is 110 Å². The monoisotopic (exact) mass is 264 g/mol. The number of nitrogens with zero attached hydrogens (tertiary/aromatic N) is 2. The van der Waals surface area contributed by atoms with Gasteiger partial charge in [0.15, 0.2) is 0 Å². The van der Waals surface area contributed by atoms with Crippen molar-refractivity contribution in [2.45, 2.75) is 12.3 Å². The minimum Gasteiger partial charge on any atom is -0.481 e. The fourth-order valence-corrected chi connectivity index (χ4v) is 1.95. The van der Waals surface area contributed by atoms with Crippen molar-refractivity contribution < 1.29 is 9.90 Å². The number of carboxylic acid groups (broad SMARTS) is 1. The predicted molar refractivity (Wildman–Crippen MR) is 68.7 cm³/mol. The van der Waals surface area contributed by atoms with Crippen molar-refractivity contribution in [3.63, 3.8) is 0 Å². The van der Waals surface area contributed by atoms with Crippen molar-refractivity contribution in [3.05, 3.63) is 52.8 Å². The maximum absolute atomic E-state index is 11.3. The van der Waals surface area contributed by atoms with E-state index >= 15 is 0 Å². The SMILES string of the molecule is Cn1ccc(CC(C(=O)O)c2ccc(Cl)cc2)n1. The van der Waals surface area contributed by atoms with E-state index in [-0.39, 0.29) is 0 Å². The molecule has 18 heavy (non-hydrogen) atoms. The number of aromatic nitrogens is 2. The van der Waals surface area contributed by atoms with E-state index in [1.54, 1.807) is 35.1 Å². The van der Waals surface area contributed by atoms with Crippen LogP contribution >= 0.6 is 11.6 Å². The van der Waals surface area contributed by atoms with E-state index in [1.807, 2.05) is 13.1 Å². The van der Waals surface area contributed by atoms with Gasteiger partial charge in [-0.15, -0.1) is 0 Å². The Balaban J connectivity index is 2.23. The summed E-state index contributed by atoms with van der Waals surface area (Å²) in [6.07, 6.45) is 2.17. The standard InChI is InChI=1S/C13H13ClN2O2/c1-16-7-6-11(15-16)8-12(13(17)18)9-2-4-10(14)5-3-9/h2-7,12H,8H2,1H3,(H,17,18). The molecule has 94 valence electrons. The summed E-state index contributed by atoms with van der Waals surface area (Å²) in [6.45, 7) is 0. The Kier molecular flexibility index (Phi) is 3.67. The van der Waals surface area contributed by atoms with Crippen LogP contribution in [0.2, 0.25) is 5.02 Å². The van der Waals surface area contributed by atoms with Gasteiger partial charge in [0.25, 0.3) is 0 Å². The molecule has 1 atom stereocenters. The number of hydrogen-bond acceptors (Lipinski definition) is 2. The Morgan fingerprint density at radius 2 is 2.06 bits per heavy atom. The molecule has 5 heteroatoms. The van der Waals surface area contributed by atoms with E-state index < -0.39 is 11.9 Å². The predicted octanol–water partition coefficient (Wildman–Crippen LogP) is 2.48. The molecule has 0 saturated heterocycles. The third-order valence-electron chi connectivity index (χ3n) is 2.75. The maximum atomic E-state index is 11.3. The first-order chi connectivity index (χ1) is 8.56. The van der Waals surface area contributed by atoms with Crippen LogP contribution < -0.4 is 0 Å². The van der Waals surface area contributed by atoms with Gasteiger partial charge in [-0.25, -0.2) is 0 Å². The number of rotatable bonds is 4. The summed E-state index contributed by atoms with van der Waals surface area (Å²) in [5, 5.41) is 14.1. The molecule has 0 bridgehead atoms. The molecule has 0 radical (unpaired) electrons. The van der Waals surface area contributed by atoms with E-state index in [1.165, 1.54) is 0 Å². The first-order valence-electron chi connectivity index (χ1n) is 5.53. The van der Waals surface area contributed by atoms with Gasteiger partial charge in [-0.2, -0.15) is 5.10 Å². The number of halogens is 1. The van der Waals surface area contributed by atoms with Gasteiger partial charge in [-0.1, -0.05) is 23.7 Å². The van der Waals surface area contributed by atoms with E-state index in [9.17, 15) is 9.90 Å². The molecule has 0 fully saturated rings. The quantitative estimate of drug-likeness (QED) is 0.923. The molecule has 2 rings (SSSR count). The largest absolute Gasteiger partial charge is 0.481 e. The first-order valence-corrected chi connectivity index (χ1v) is 5.91. The number of hydrogen-bond donors (Lipinski definition) is 1. The summed E-state index contributed by atoms with van der Waals surface area (Å²) in [5.41, 5.74) is 1.50. The number of carboxylic acids is 1. The Hall–Kier alpha value is -1.81. The molecule has 1 aromatic heterocycles. The lowest BCUT2D eigenvalue weighted by molar-refractivity contribution is -0.138. The smallest absolute Gasteiger partial charge is 0.311 e. The highest BCUT2D eigenvalue weighted by Gasteiger charge is 2.21. The van der Waals surface area contributed by atoms with Crippen molar-refractivity contribution in [2.24, 2.45) is 7.05 Å². The fourth-order valence-electron chi connectivity index (χ4n) is 1.82. The summed E-state index contributed by atoms with van der Waals surface area (Å²) >= 11 is 5.80. The molecular formula is C13H13ClN2O2. The van der Waals surface area contributed by atoms with Crippen LogP contribution in [-0.4, -0.2) is 20.9 Å². The summed E-state index contributed by atoms with van der Waals surface area (Å²) in [5.74, 6) is -1.46. The highest BCUT2D eigenvalue weighted by Crippen LogP contribution is 2.22. The van der Waals surface area contributed by atoms with Crippen molar-refractivity contribution in [1.29, 1.82) is 0 Å². The molecule has 0 aliphatic rings. The van der Waals surface area contributed by atoms with Gasteiger partial charge in [0.05, 0.1) is 11.6 Å². The van der Waals surface area contributed by atoms with Crippen LogP contribution in [0.5, 0.6) is 0 Å².